The second kappa shape index (κ2) is 8.02. The van der Waals surface area contributed by atoms with Gasteiger partial charge in [-0.15, -0.1) is 0 Å². The molecular formula is C19H26N4O4S. The number of carbonyl (C=O) groups is 1. The van der Waals surface area contributed by atoms with Crippen molar-refractivity contribution in [1.29, 1.82) is 0 Å². The van der Waals surface area contributed by atoms with E-state index in [1.165, 1.54) is 4.31 Å². The van der Waals surface area contributed by atoms with Crippen LogP contribution < -0.4 is 5.32 Å². The number of carbonyl (C=O) groups excluding carboxylic acids is 1. The normalized spacial score (nSPS) is 16.8. The molecule has 2 aromatic rings. The zero-order valence-corrected chi connectivity index (χ0v) is 17.2. The first kappa shape index (κ1) is 20.5. The van der Waals surface area contributed by atoms with E-state index in [4.69, 9.17) is 4.52 Å². The Morgan fingerprint density at radius 3 is 2.36 bits per heavy atom. The Labute approximate surface area is 165 Å². The summed E-state index contributed by atoms with van der Waals surface area (Å²) in [6.45, 7) is 7.89. The number of hydrogen-bond donors (Lipinski definition) is 1. The Balaban J connectivity index is 1.51. The van der Waals surface area contributed by atoms with Crippen molar-refractivity contribution in [2.75, 3.05) is 38.0 Å². The average molecular weight is 407 g/mol. The smallest absolute Gasteiger partial charge is 0.243 e. The van der Waals surface area contributed by atoms with Crippen LogP contribution in [0, 0.1) is 0 Å². The van der Waals surface area contributed by atoms with Crippen LogP contribution in [0.2, 0.25) is 0 Å². The van der Waals surface area contributed by atoms with Gasteiger partial charge in [-0.3, -0.25) is 15.0 Å². The predicted octanol–water partition coefficient (Wildman–Crippen LogP) is 1.92. The summed E-state index contributed by atoms with van der Waals surface area (Å²) in [5.41, 5.74) is 0.607. The molecule has 1 aromatic carbocycles. The molecule has 0 radical (unpaired) electrons. The number of nitrogens with zero attached hydrogens (tertiary/aromatic N) is 3. The summed E-state index contributed by atoms with van der Waals surface area (Å²) in [5, 5.41) is 6.68. The standard InChI is InChI=1S/C19H26N4O4S/c1-19(2,3)16-13-18(27-21-16)20-17(24)14-22-9-11-23(12-10-22)28(25,26)15-7-5-4-6-8-15/h4-8,13H,9-12,14H2,1-3H3,(H,20,24). The highest BCUT2D eigenvalue weighted by Crippen LogP contribution is 2.23. The third-order valence-electron chi connectivity index (χ3n) is 4.62. The van der Waals surface area contributed by atoms with Gasteiger partial charge in [0.25, 0.3) is 0 Å². The lowest BCUT2D eigenvalue weighted by Crippen LogP contribution is -2.50. The Hall–Kier alpha value is -2.23. The van der Waals surface area contributed by atoms with E-state index in [1.807, 2.05) is 25.7 Å². The first-order valence-electron chi connectivity index (χ1n) is 9.21. The molecule has 1 aliphatic heterocycles. The van der Waals surface area contributed by atoms with E-state index >= 15 is 0 Å². The summed E-state index contributed by atoms with van der Waals surface area (Å²) in [7, 11) is -3.49. The summed E-state index contributed by atoms with van der Waals surface area (Å²) in [5.74, 6) is 0.108. The fraction of sp³-hybridized carbons (Fsp3) is 0.474. The van der Waals surface area contributed by atoms with Crippen LogP contribution in [-0.2, 0) is 20.2 Å². The number of aromatic nitrogens is 1. The van der Waals surface area contributed by atoms with Crippen molar-refractivity contribution in [1.82, 2.24) is 14.4 Å². The summed E-state index contributed by atoms with van der Waals surface area (Å²) >= 11 is 0. The average Bonchev–Trinajstić information content (AvgIpc) is 3.11. The van der Waals surface area contributed by atoms with Crippen molar-refractivity contribution >= 4 is 21.8 Å². The zero-order valence-electron chi connectivity index (χ0n) is 16.4. The maximum Gasteiger partial charge on any atom is 0.243 e. The van der Waals surface area contributed by atoms with Crippen LogP contribution in [0.15, 0.2) is 45.8 Å². The molecule has 3 rings (SSSR count). The highest BCUT2D eigenvalue weighted by atomic mass is 32.2. The van der Waals surface area contributed by atoms with Gasteiger partial charge in [0.15, 0.2) is 0 Å². The third kappa shape index (κ3) is 4.78. The van der Waals surface area contributed by atoms with Crippen molar-refractivity contribution in [2.45, 2.75) is 31.1 Å². The number of rotatable bonds is 5. The van der Waals surface area contributed by atoms with Gasteiger partial charge in [0, 0.05) is 37.7 Å². The molecule has 1 N–H and O–H groups in total. The number of nitrogens with one attached hydrogen (secondary N) is 1. The number of hydrogen-bond acceptors (Lipinski definition) is 6. The van der Waals surface area contributed by atoms with E-state index < -0.39 is 10.0 Å². The molecule has 1 saturated heterocycles. The van der Waals surface area contributed by atoms with Crippen molar-refractivity contribution in [3.05, 3.63) is 42.1 Å². The molecule has 1 fully saturated rings. The van der Waals surface area contributed by atoms with E-state index in [0.717, 1.165) is 5.69 Å². The molecule has 2 heterocycles. The number of anilines is 1. The van der Waals surface area contributed by atoms with Crippen LogP contribution >= 0.6 is 0 Å². The lowest BCUT2D eigenvalue weighted by atomic mass is 9.92. The molecule has 0 atom stereocenters. The fourth-order valence-corrected chi connectivity index (χ4v) is 4.38. The van der Waals surface area contributed by atoms with Crippen LogP contribution in [0.4, 0.5) is 5.88 Å². The van der Waals surface area contributed by atoms with Crippen molar-refractivity contribution in [3.8, 4) is 0 Å². The molecule has 8 nitrogen and oxygen atoms in total. The summed E-state index contributed by atoms with van der Waals surface area (Å²) in [6, 6.07) is 10.1. The topological polar surface area (TPSA) is 95.8 Å². The minimum Gasteiger partial charge on any atom is -0.338 e. The molecule has 0 aliphatic carbocycles. The maximum absolute atomic E-state index is 12.6. The fourth-order valence-electron chi connectivity index (χ4n) is 2.94. The molecule has 152 valence electrons. The van der Waals surface area contributed by atoms with E-state index in [9.17, 15) is 13.2 Å². The van der Waals surface area contributed by atoms with Crippen LogP contribution in [-0.4, -0.2) is 61.4 Å². The van der Waals surface area contributed by atoms with E-state index in [-0.39, 0.29) is 17.9 Å². The van der Waals surface area contributed by atoms with Gasteiger partial charge in [0.05, 0.1) is 17.1 Å². The highest BCUT2D eigenvalue weighted by Gasteiger charge is 2.29. The predicted molar refractivity (Wildman–Crippen MR) is 105 cm³/mol. The largest absolute Gasteiger partial charge is 0.338 e. The Morgan fingerprint density at radius 2 is 1.79 bits per heavy atom. The maximum atomic E-state index is 12.6. The third-order valence-corrected chi connectivity index (χ3v) is 6.53. The SMILES string of the molecule is CC(C)(C)c1cc(NC(=O)CN2CCN(S(=O)(=O)c3ccccc3)CC2)on1. The molecule has 9 heteroatoms. The number of benzene rings is 1. The minimum absolute atomic E-state index is 0.160. The molecule has 0 spiro atoms. The highest BCUT2D eigenvalue weighted by molar-refractivity contribution is 7.89. The molecule has 1 amide bonds. The van der Waals surface area contributed by atoms with Crippen molar-refractivity contribution in [2.24, 2.45) is 0 Å². The first-order chi connectivity index (χ1) is 13.2. The summed E-state index contributed by atoms with van der Waals surface area (Å²) in [4.78, 5) is 14.5. The van der Waals surface area contributed by atoms with Crippen LogP contribution in [0.3, 0.4) is 0 Å². The number of amides is 1. The van der Waals surface area contributed by atoms with Crippen LogP contribution in [0.1, 0.15) is 26.5 Å². The second-order valence-electron chi connectivity index (χ2n) is 7.87. The van der Waals surface area contributed by atoms with Gasteiger partial charge in [0.2, 0.25) is 21.8 Å². The monoisotopic (exact) mass is 406 g/mol. The zero-order chi connectivity index (χ0) is 20.4. The Morgan fingerprint density at radius 1 is 1.14 bits per heavy atom. The van der Waals surface area contributed by atoms with Gasteiger partial charge in [-0.1, -0.05) is 44.1 Å². The molecule has 1 aliphatic rings. The molecule has 0 unspecified atom stereocenters. The second-order valence-corrected chi connectivity index (χ2v) is 9.81. The van der Waals surface area contributed by atoms with Gasteiger partial charge < -0.3 is 4.52 Å². The Bertz CT molecular complexity index is 911. The molecule has 1 aromatic heterocycles. The molecular weight excluding hydrogens is 380 g/mol. The van der Waals surface area contributed by atoms with Gasteiger partial charge >= 0.3 is 0 Å². The van der Waals surface area contributed by atoms with Gasteiger partial charge in [-0.05, 0) is 12.1 Å². The van der Waals surface area contributed by atoms with Gasteiger partial charge in [-0.25, -0.2) is 8.42 Å². The summed E-state index contributed by atoms with van der Waals surface area (Å²) < 4.78 is 31.9. The van der Waals surface area contributed by atoms with Crippen LogP contribution in [0.25, 0.3) is 0 Å². The quantitative estimate of drug-likeness (QED) is 0.815. The molecule has 28 heavy (non-hydrogen) atoms. The Kier molecular flexibility index (Phi) is 5.87. The van der Waals surface area contributed by atoms with Gasteiger partial charge in [-0.2, -0.15) is 4.31 Å². The lowest BCUT2D eigenvalue weighted by Gasteiger charge is -2.33. The summed E-state index contributed by atoms with van der Waals surface area (Å²) in [6.07, 6.45) is 0. The van der Waals surface area contributed by atoms with Crippen molar-refractivity contribution < 1.29 is 17.7 Å². The number of piperazine rings is 1. The first-order valence-corrected chi connectivity index (χ1v) is 10.6. The molecule has 0 saturated carbocycles. The molecule has 0 bridgehead atoms. The minimum atomic E-state index is -3.49. The number of sulfonamides is 1. The van der Waals surface area contributed by atoms with E-state index in [2.05, 4.69) is 10.5 Å². The van der Waals surface area contributed by atoms with Crippen LogP contribution in [0.5, 0.6) is 0 Å². The van der Waals surface area contributed by atoms with E-state index in [1.54, 1.807) is 36.4 Å². The lowest BCUT2D eigenvalue weighted by molar-refractivity contribution is -0.117. The van der Waals surface area contributed by atoms with Gasteiger partial charge in [0.1, 0.15) is 0 Å². The van der Waals surface area contributed by atoms with Crippen molar-refractivity contribution in [3.63, 3.8) is 0 Å². The van der Waals surface area contributed by atoms with E-state index in [0.29, 0.717) is 37.0 Å².